The standard InChI is InChI=1S/C13H15ClFNO4S/c1-13(12(17)18)6-2-3-7-16(13)21(19,20)11-8-9(15)4-5-10(11)14/h4-5,8H,2-3,6-7H2,1H3,(H,17,18). The van der Waals surface area contributed by atoms with Gasteiger partial charge >= 0.3 is 5.97 Å². The highest BCUT2D eigenvalue weighted by molar-refractivity contribution is 7.89. The van der Waals surface area contributed by atoms with Gasteiger partial charge < -0.3 is 5.11 Å². The Hall–Kier alpha value is -1.18. The number of carboxylic acid groups (broad SMARTS) is 1. The van der Waals surface area contributed by atoms with Gasteiger partial charge in [-0.05, 0) is 44.4 Å². The van der Waals surface area contributed by atoms with Gasteiger partial charge in [0, 0.05) is 6.54 Å². The molecule has 1 heterocycles. The molecule has 1 aliphatic heterocycles. The van der Waals surface area contributed by atoms with Crippen LogP contribution >= 0.6 is 11.6 Å². The average molecular weight is 336 g/mol. The van der Waals surface area contributed by atoms with Crippen LogP contribution in [0.3, 0.4) is 0 Å². The van der Waals surface area contributed by atoms with Gasteiger partial charge in [-0.1, -0.05) is 11.6 Å². The number of halogens is 2. The molecule has 0 aromatic heterocycles. The van der Waals surface area contributed by atoms with Crippen molar-refractivity contribution in [2.75, 3.05) is 6.54 Å². The SMILES string of the molecule is CC1(C(=O)O)CCCCN1S(=O)(=O)c1cc(F)ccc1Cl. The smallest absolute Gasteiger partial charge is 0.324 e. The molecule has 1 aliphatic rings. The fourth-order valence-corrected chi connectivity index (χ4v) is 4.78. The summed E-state index contributed by atoms with van der Waals surface area (Å²) in [5.41, 5.74) is -1.55. The van der Waals surface area contributed by atoms with Gasteiger partial charge in [-0.3, -0.25) is 4.79 Å². The lowest BCUT2D eigenvalue weighted by Crippen LogP contribution is -2.57. The van der Waals surface area contributed by atoms with Crippen molar-refractivity contribution in [3.05, 3.63) is 29.0 Å². The first-order valence-electron chi connectivity index (χ1n) is 6.41. The van der Waals surface area contributed by atoms with Crippen LogP contribution < -0.4 is 0 Å². The van der Waals surface area contributed by atoms with Crippen LogP contribution in [0, 0.1) is 5.82 Å². The predicted octanol–water partition coefficient (Wildman–Crippen LogP) is 2.50. The molecule has 1 N–H and O–H groups in total. The minimum absolute atomic E-state index is 0.0674. The van der Waals surface area contributed by atoms with Crippen LogP contribution in [-0.4, -0.2) is 35.9 Å². The van der Waals surface area contributed by atoms with Crippen molar-refractivity contribution in [2.24, 2.45) is 0 Å². The van der Waals surface area contributed by atoms with Crippen LogP contribution in [0.5, 0.6) is 0 Å². The molecule has 0 radical (unpaired) electrons. The lowest BCUT2D eigenvalue weighted by Gasteiger charge is -2.40. The lowest BCUT2D eigenvalue weighted by molar-refractivity contribution is -0.149. The van der Waals surface area contributed by atoms with E-state index in [0.717, 1.165) is 22.5 Å². The fourth-order valence-electron chi connectivity index (χ4n) is 2.49. The van der Waals surface area contributed by atoms with Crippen molar-refractivity contribution in [1.29, 1.82) is 0 Å². The van der Waals surface area contributed by atoms with Crippen LogP contribution in [-0.2, 0) is 14.8 Å². The zero-order valence-corrected chi connectivity index (χ0v) is 12.9. The maximum absolute atomic E-state index is 13.3. The van der Waals surface area contributed by atoms with E-state index in [2.05, 4.69) is 0 Å². The molecule has 5 nitrogen and oxygen atoms in total. The summed E-state index contributed by atoms with van der Waals surface area (Å²) in [6.45, 7) is 1.43. The molecule has 0 bridgehead atoms. The van der Waals surface area contributed by atoms with Crippen LogP contribution in [0.4, 0.5) is 4.39 Å². The Morgan fingerprint density at radius 1 is 1.43 bits per heavy atom. The summed E-state index contributed by atoms with van der Waals surface area (Å²) in [4.78, 5) is 11.1. The van der Waals surface area contributed by atoms with E-state index in [4.69, 9.17) is 11.6 Å². The third-order valence-electron chi connectivity index (χ3n) is 3.75. The Morgan fingerprint density at radius 2 is 2.10 bits per heavy atom. The minimum Gasteiger partial charge on any atom is -0.480 e. The summed E-state index contributed by atoms with van der Waals surface area (Å²) in [7, 11) is -4.19. The number of hydrogen-bond donors (Lipinski definition) is 1. The molecule has 1 atom stereocenters. The molecule has 21 heavy (non-hydrogen) atoms. The largest absolute Gasteiger partial charge is 0.480 e. The Balaban J connectivity index is 2.56. The minimum atomic E-state index is -4.19. The van der Waals surface area contributed by atoms with E-state index < -0.39 is 32.2 Å². The molecule has 0 aliphatic carbocycles. The molecule has 0 saturated carbocycles. The molecular weight excluding hydrogens is 321 g/mol. The van der Waals surface area contributed by atoms with Crippen LogP contribution in [0.2, 0.25) is 5.02 Å². The number of rotatable bonds is 3. The molecule has 0 spiro atoms. The van der Waals surface area contributed by atoms with Crippen LogP contribution in [0.25, 0.3) is 0 Å². The first kappa shape index (κ1) is 16.2. The van der Waals surface area contributed by atoms with Gasteiger partial charge in [0.15, 0.2) is 0 Å². The summed E-state index contributed by atoms with van der Waals surface area (Å²) in [6, 6.07) is 3.01. The van der Waals surface area contributed by atoms with E-state index in [9.17, 15) is 22.7 Å². The predicted molar refractivity (Wildman–Crippen MR) is 75.2 cm³/mol. The number of carbonyl (C=O) groups is 1. The van der Waals surface area contributed by atoms with Gasteiger partial charge in [0.1, 0.15) is 16.3 Å². The molecule has 0 amide bonds. The number of benzene rings is 1. The molecule has 1 aromatic carbocycles. The van der Waals surface area contributed by atoms with Crippen molar-refractivity contribution < 1.29 is 22.7 Å². The average Bonchev–Trinajstić information content (AvgIpc) is 2.41. The third-order valence-corrected chi connectivity index (χ3v) is 6.25. The number of carboxylic acids is 1. The van der Waals surface area contributed by atoms with Gasteiger partial charge in [-0.2, -0.15) is 4.31 Å². The van der Waals surface area contributed by atoms with Gasteiger partial charge in [-0.25, -0.2) is 12.8 Å². The topological polar surface area (TPSA) is 74.7 Å². The quantitative estimate of drug-likeness (QED) is 0.921. The van der Waals surface area contributed by atoms with Crippen molar-refractivity contribution in [3.63, 3.8) is 0 Å². The van der Waals surface area contributed by atoms with Crippen LogP contribution in [0.15, 0.2) is 23.1 Å². The van der Waals surface area contributed by atoms with E-state index in [-0.39, 0.29) is 18.0 Å². The summed E-state index contributed by atoms with van der Waals surface area (Å²) < 4.78 is 39.6. The summed E-state index contributed by atoms with van der Waals surface area (Å²) in [5.74, 6) is -1.97. The van der Waals surface area contributed by atoms with E-state index in [0.29, 0.717) is 12.8 Å². The summed E-state index contributed by atoms with van der Waals surface area (Å²) in [6.07, 6.45) is 1.37. The number of nitrogens with zero attached hydrogens (tertiary/aromatic N) is 1. The molecule has 1 saturated heterocycles. The number of piperidine rings is 1. The van der Waals surface area contributed by atoms with Crippen molar-refractivity contribution in [2.45, 2.75) is 36.6 Å². The maximum atomic E-state index is 13.3. The Labute approximate surface area is 127 Å². The van der Waals surface area contributed by atoms with E-state index in [1.165, 1.54) is 6.92 Å². The first-order chi connectivity index (χ1) is 9.69. The van der Waals surface area contributed by atoms with Crippen LogP contribution in [0.1, 0.15) is 26.2 Å². The highest BCUT2D eigenvalue weighted by atomic mass is 35.5. The second-order valence-corrected chi connectivity index (χ2v) is 7.43. The molecule has 116 valence electrons. The van der Waals surface area contributed by atoms with Gasteiger partial charge in [0.25, 0.3) is 0 Å². The Bertz CT molecular complexity index is 679. The van der Waals surface area contributed by atoms with E-state index in [1.807, 2.05) is 0 Å². The molecule has 1 aromatic rings. The first-order valence-corrected chi connectivity index (χ1v) is 8.23. The molecule has 1 fully saturated rings. The van der Waals surface area contributed by atoms with Crippen molar-refractivity contribution >= 4 is 27.6 Å². The highest BCUT2D eigenvalue weighted by Gasteiger charge is 2.48. The van der Waals surface area contributed by atoms with Crippen molar-refractivity contribution in [1.82, 2.24) is 4.31 Å². The number of aliphatic carboxylic acids is 1. The van der Waals surface area contributed by atoms with Gasteiger partial charge in [0.05, 0.1) is 5.02 Å². The lowest BCUT2D eigenvalue weighted by atomic mass is 9.91. The molecular formula is C13H15ClFNO4S. The number of hydrogen-bond acceptors (Lipinski definition) is 3. The Morgan fingerprint density at radius 3 is 2.71 bits per heavy atom. The van der Waals surface area contributed by atoms with Gasteiger partial charge in [0.2, 0.25) is 10.0 Å². The van der Waals surface area contributed by atoms with E-state index in [1.54, 1.807) is 0 Å². The molecule has 2 rings (SSSR count). The second kappa shape index (κ2) is 5.55. The Kier molecular flexibility index (Phi) is 4.28. The third kappa shape index (κ3) is 2.77. The molecule has 8 heteroatoms. The van der Waals surface area contributed by atoms with E-state index >= 15 is 0 Å². The zero-order chi connectivity index (χ0) is 15.8. The zero-order valence-electron chi connectivity index (χ0n) is 11.3. The highest BCUT2D eigenvalue weighted by Crippen LogP contribution is 2.35. The maximum Gasteiger partial charge on any atom is 0.324 e. The monoisotopic (exact) mass is 335 g/mol. The fraction of sp³-hybridized carbons (Fsp3) is 0.462. The van der Waals surface area contributed by atoms with Crippen molar-refractivity contribution in [3.8, 4) is 0 Å². The summed E-state index contributed by atoms with van der Waals surface area (Å²) >= 11 is 5.85. The molecule has 1 unspecified atom stereocenters. The number of sulfonamides is 1. The van der Waals surface area contributed by atoms with Gasteiger partial charge in [-0.15, -0.1) is 0 Å². The second-order valence-electron chi connectivity index (χ2n) is 5.19. The summed E-state index contributed by atoms with van der Waals surface area (Å²) in [5, 5.41) is 9.26. The normalized spacial score (nSPS) is 24.0.